The van der Waals surface area contributed by atoms with E-state index in [2.05, 4.69) is 10.6 Å². The Morgan fingerprint density at radius 2 is 1.92 bits per heavy atom. The van der Waals surface area contributed by atoms with E-state index in [0.717, 1.165) is 5.56 Å². The van der Waals surface area contributed by atoms with E-state index in [4.69, 9.17) is 23.2 Å². The summed E-state index contributed by atoms with van der Waals surface area (Å²) in [5, 5.41) is 15.6. The van der Waals surface area contributed by atoms with Crippen LogP contribution in [0.15, 0.2) is 60.3 Å². The predicted molar refractivity (Wildman–Crippen MR) is 96.8 cm³/mol. The van der Waals surface area contributed by atoms with Crippen LogP contribution in [-0.4, -0.2) is 5.91 Å². The molecule has 24 heavy (non-hydrogen) atoms. The maximum absolute atomic E-state index is 12.2. The first-order valence-corrected chi connectivity index (χ1v) is 7.94. The third kappa shape index (κ3) is 4.76. The van der Waals surface area contributed by atoms with Crippen molar-refractivity contribution in [2.45, 2.75) is 13.0 Å². The molecule has 0 aliphatic rings. The van der Waals surface area contributed by atoms with E-state index in [1.54, 1.807) is 12.1 Å². The Morgan fingerprint density at radius 3 is 2.58 bits per heavy atom. The smallest absolute Gasteiger partial charge is 0.267 e. The number of anilines is 1. The zero-order valence-electron chi connectivity index (χ0n) is 12.9. The molecule has 0 aliphatic carbocycles. The number of hydrogen-bond acceptors (Lipinski definition) is 3. The fourth-order valence-corrected chi connectivity index (χ4v) is 2.31. The Hall–Kier alpha value is -2.48. The van der Waals surface area contributed by atoms with E-state index in [1.807, 2.05) is 43.3 Å². The Balaban J connectivity index is 2.08. The number of benzene rings is 2. The van der Waals surface area contributed by atoms with E-state index in [9.17, 15) is 10.1 Å². The zero-order chi connectivity index (χ0) is 17.5. The standard InChI is InChI=1S/C18H15Cl2N3O/c1-12(13-5-3-2-4-6-13)22-11-14(10-21)18(24)23-17-9-15(19)7-8-16(17)20/h2-9,11-12,22H,1H3,(H,23,24)/b14-11-. The van der Waals surface area contributed by atoms with Gasteiger partial charge in [0.1, 0.15) is 11.6 Å². The Kier molecular flexibility index (Phi) is 6.25. The third-order valence-electron chi connectivity index (χ3n) is 3.32. The van der Waals surface area contributed by atoms with Gasteiger partial charge in [0.15, 0.2) is 0 Å². The van der Waals surface area contributed by atoms with Crippen molar-refractivity contribution in [3.8, 4) is 6.07 Å². The first-order valence-electron chi connectivity index (χ1n) is 7.19. The van der Waals surface area contributed by atoms with Crippen molar-refractivity contribution in [3.05, 3.63) is 75.9 Å². The van der Waals surface area contributed by atoms with Gasteiger partial charge < -0.3 is 10.6 Å². The highest BCUT2D eigenvalue weighted by molar-refractivity contribution is 6.35. The number of nitrogens with one attached hydrogen (secondary N) is 2. The Morgan fingerprint density at radius 1 is 1.21 bits per heavy atom. The van der Waals surface area contributed by atoms with Crippen LogP contribution in [0.4, 0.5) is 5.69 Å². The molecule has 0 aliphatic heterocycles. The van der Waals surface area contributed by atoms with E-state index in [-0.39, 0.29) is 11.6 Å². The average Bonchev–Trinajstić information content (AvgIpc) is 2.59. The molecule has 4 nitrogen and oxygen atoms in total. The number of rotatable bonds is 5. The number of carbonyl (C=O) groups excluding carboxylic acids is 1. The number of nitrogens with zero attached hydrogens (tertiary/aromatic N) is 1. The first kappa shape index (κ1) is 17.9. The SMILES string of the molecule is CC(N/C=C(/C#N)C(=O)Nc1cc(Cl)ccc1Cl)c1ccccc1. The van der Waals surface area contributed by atoms with Crippen molar-refractivity contribution in [1.82, 2.24) is 5.32 Å². The summed E-state index contributed by atoms with van der Waals surface area (Å²) in [7, 11) is 0. The minimum Gasteiger partial charge on any atom is -0.383 e. The number of carbonyl (C=O) groups is 1. The van der Waals surface area contributed by atoms with Crippen LogP contribution in [0.2, 0.25) is 10.0 Å². The lowest BCUT2D eigenvalue weighted by molar-refractivity contribution is -0.112. The van der Waals surface area contributed by atoms with Gasteiger partial charge in [0.05, 0.1) is 10.7 Å². The summed E-state index contributed by atoms with van der Waals surface area (Å²) in [6, 6.07) is 16.2. The quantitative estimate of drug-likeness (QED) is 0.601. The number of halogens is 2. The van der Waals surface area contributed by atoms with Crippen molar-refractivity contribution >= 4 is 34.8 Å². The third-order valence-corrected chi connectivity index (χ3v) is 3.88. The molecule has 0 fully saturated rings. The maximum atomic E-state index is 12.2. The van der Waals surface area contributed by atoms with Gasteiger partial charge in [-0.1, -0.05) is 53.5 Å². The zero-order valence-corrected chi connectivity index (χ0v) is 14.4. The van der Waals surface area contributed by atoms with Crippen molar-refractivity contribution < 1.29 is 4.79 Å². The largest absolute Gasteiger partial charge is 0.383 e. The normalized spacial score (nSPS) is 12.2. The number of hydrogen-bond donors (Lipinski definition) is 2. The summed E-state index contributed by atoms with van der Waals surface area (Å²) in [6.07, 6.45) is 1.39. The van der Waals surface area contributed by atoms with Gasteiger partial charge in [-0.3, -0.25) is 4.79 Å². The van der Waals surface area contributed by atoms with Crippen LogP contribution in [0, 0.1) is 11.3 Å². The van der Waals surface area contributed by atoms with Crippen LogP contribution < -0.4 is 10.6 Å². The fourth-order valence-electron chi connectivity index (χ4n) is 1.98. The Labute approximate surface area is 150 Å². The first-order chi connectivity index (χ1) is 11.5. The molecule has 2 aromatic rings. The molecule has 0 radical (unpaired) electrons. The summed E-state index contributed by atoms with van der Waals surface area (Å²) >= 11 is 11.9. The molecule has 1 unspecified atom stereocenters. The molecule has 1 atom stereocenters. The molecule has 2 rings (SSSR count). The second-order valence-electron chi connectivity index (χ2n) is 5.05. The fraction of sp³-hybridized carbons (Fsp3) is 0.111. The molecule has 122 valence electrons. The molecule has 0 saturated heterocycles. The van der Waals surface area contributed by atoms with Crippen LogP contribution in [0.25, 0.3) is 0 Å². The van der Waals surface area contributed by atoms with Crippen molar-refractivity contribution in [2.75, 3.05) is 5.32 Å². The van der Waals surface area contributed by atoms with Crippen LogP contribution in [0.3, 0.4) is 0 Å². The highest BCUT2D eigenvalue weighted by Crippen LogP contribution is 2.25. The molecular weight excluding hydrogens is 345 g/mol. The van der Waals surface area contributed by atoms with Gasteiger partial charge in [-0.25, -0.2) is 0 Å². The summed E-state index contributed by atoms with van der Waals surface area (Å²) < 4.78 is 0. The summed E-state index contributed by atoms with van der Waals surface area (Å²) in [4.78, 5) is 12.2. The van der Waals surface area contributed by atoms with Crippen LogP contribution in [0.1, 0.15) is 18.5 Å². The minimum atomic E-state index is -0.561. The van der Waals surface area contributed by atoms with E-state index < -0.39 is 5.91 Å². The molecule has 0 bridgehead atoms. The molecule has 0 saturated carbocycles. The average molecular weight is 360 g/mol. The van der Waals surface area contributed by atoms with E-state index >= 15 is 0 Å². The lowest BCUT2D eigenvalue weighted by Gasteiger charge is -2.13. The van der Waals surface area contributed by atoms with Crippen LogP contribution in [0.5, 0.6) is 0 Å². The minimum absolute atomic E-state index is 0.0443. The lowest BCUT2D eigenvalue weighted by atomic mass is 10.1. The van der Waals surface area contributed by atoms with Crippen LogP contribution >= 0.6 is 23.2 Å². The van der Waals surface area contributed by atoms with E-state index in [1.165, 1.54) is 12.3 Å². The lowest BCUT2D eigenvalue weighted by Crippen LogP contribution is -2.18. The molecule has 6 heteroatoms. The van der Waals surface area contributed by atoms with Crippen molar-refractivity contribution in [3.63, 3.8) is 0 Å². The van der Waals surface area contributed by atoms with Crippen molar-refractivity contribution in [1.29, 1.82) is 5.26 Å². The maximum Gasteiger partial charge on any atom is 0.267 e. The van der Waals surface area contributed by atoms with Gasteiger partial charge in [-0.2, -0.15) is 5.26 Å². The highest BCUT2D eigenvalue weighted by Gasteiger charge is 2.12. The highest BCUT2D eigenvalue weighted by atomic mass is 35.5. The van der Waals surface area contributed by atoms with Gasteiger partial charge >= 0.3 is 0 Å². The van der Waals surface area contributed by atoms with Gasteiger partial charge in [0.2, 0.25) is 0 Å². The second kappa shape index (κ2) is 8.39. The molecule has 0 spiro atoms. The second-order valence-corrected chi connectivity index (χ2v) is 5.89. The monoisotopic (exact) mass is 359 g/mol. The molecule has 1 amide bonds. The molecule has 0 aromatic heterocycles. The summed E-state index contributed by atoms with van der Waals surface area (Å²) in [6.45, 7) is 1.94. The van der Waals surface area contributed by atoms with Gasteiger partial charge in [-0.15, -0.1) is 0 Å². The Bertz CT molecular complexity index is 798. The van der Waals surface area contributed by atoms with Crippen molar-refractivity contribution in [2.24, 2.45) is 0 Å². The van der Waals surface area contributed by atoms with Gasteiger partial charge in [0, 0.05) is 17.3 Å². The molecule has 2 N–H and O–H groups in total. The number of amides is 1. The number of nitriles is 1. The van der Waals surface area contributed by atoms with E-state index in [0.29, 0.717) is 15.7 Å². The predicted octanol–water partition coefficient (Wildman–Crippen LogP) is 4.69. The summed E-state index contributed by atoms with van der Waals surface area (Å²) in [5.74, 6) is -0.561. The molecule has 2 aromatic carbocycles. The molecule has 0 heterocycles. The topological polar surface area (TPSA) is 64.9 Å². The van der Waals surface area contributed by atoms with Gasteiger partial charge in [-0.05, 0) is 30.7 Å². The van der Waals surface area contributed by atoms with Gasteiger partial charge in [0.25, 0.3) is 5.91 Å². The molecular formula is C18H15Cl2N3O. The van der Waals surface area contributed by atoms with Crippen LogP contribution in [-0.2, 0) is 4.79 Å². The summed E-state index contributed by atoms with van der Waals surface area (Å²) in [5.41, 5.74) is 1.34.